The predicted octanol–water partition coefficient (Wildman–Crippen LogP) is 3.22. The van der Waals surface area contributed by atoms with Crippen molar-refractivity contribution < 1.29 is 14.3 Å². The molecule has 1 aliphatic rings. The first-order chi connectivity index (χ1) is 10.8. The third-order valence-electron chi connectivity index (χ3n) is 3.71. The van der Waals surface area contributed by atoms with Crippen LogP contribution in [0.25, 0.3) is 0 Å². The lowest BCUT2D eigenvalue weighted by Crippen LogP contribution is -2.39. The van der Waals surface area contributed by atoms with Crippen LogP contribution in [0.2, 0.25) is 0 Å². The highest BCUT2D eigenvalue weighted by atomic mass is 16.6. The Bertz CT molecular complexity index is 528. The van der Waals surface area contributed by atoms with E-state index in [1.807, 2.05) is 25.7 Å². The number of rotatable bonds is 5. The molecule has 2 heterocycles. The van der Waals surface area contributed by atoms with E-state index in [-0.39, 0.29) is 12.1 Å². The van der Waals surface area contributed by atoms with E-state index in [2.05, 4.69) is 4.98 Å². The molecule has 1 fully saturated rings. The standard InChI is InChI=1S/C17H27N3O3/c1-17(2,3)23-16(21)20-10-4-6-13(20)7-5-11-22-14-8-9-19-15(18)12-14/h8-9,12-13H,4-7,10-11H2,1-3H3,(H2,18,19). The van der Waals surface area contributed by atoms with Gasteiger partial charge in [0.2, 0.25) is 0 Å². The Balaban J connectivity index is 1.75. The van der Waals surface area contributed by atoms with Gasteiger partial charge in [0.05, 0.1) is 6.61 Å². The van der Waals surface area contributed by atoms with Gasteiger partial charge >= 0.3 is 6.09 Å². The topological polar surface area (TPSA) is 77.7 Å². The maximum absolute atomic E-state index is 12.2. The highest BCUT2D eigenvalue weighted by Crippen LogP contribution is 2.24. The number of hydrogen-bond acceptors (Lipinski definition) is 5. The molecule has 2 N–H and O–H groups in total. The Kier molecular flexibility index (Phi) is 5.69. The van der Waals surface area contributed by atoms with Crippen molar-refractivity contribution in [3.05, 3.63) is 18.3 Å². The fourth-order valence-corrected chi connectivity index (χ4v) is 2.72. The van der Waals surface area contributed by atoms with Crippen LogP contribution in [0.5, 0.6) is 5.75 Å². The highest BCUT2D eigenvalue weighted by Gasteiger charge is 2.31. The number of ether oxygens (including phenoxy) is 2. The van der Waals surface area contributed by atoms with E-state index < -0.39 is 5.60 Å². The van der Waals surface area contributed by atoms with Crippen molar-refractivity contribution in [2.75, 3.05) is 18.9 Å². The Hall–Kier alpha value is -1.98. The zero-order valence-corrected chi connectivity index (χ0v) is 14.2. The number of nitrogens with zero attached hydrogens (tertiary/aromatic N) is 2. The lowest BCUT2D eigenvalue weighted by molar-refractivity contribution is 0.0216. The zero-order valence-electron chi connectivity index (χ0n) is 14.2. The number of hydrogen-bond donors (Lipinski definition) is 1. The van der Waals surface area contributed by atoms with E-state index in [1.165, 1.54) is 0 Å². The predicted molar refractivity (Wildman–Crippen MR) is 89.3 cm³/mol. The van der Waals surface area contributed by atoms with Gasteiger partial charge in [0.1, 0.15) is 17.2 Å². The van der Waals surface area contributed by atoms with Gasteiger partial charge in [-0.15, -0.1) is 0 Å². The molecule has 6 nitrogen and oxygen atoms in total. The Labute approximate surface area is 138 Å². The number of aromatic nitrogens is 1. The van der Waals surface area contributed by atoms with Gasteiger partial charge in [-0.05, 0) is 52.5 Å². The molecule has 1 atom stereocenters. The van der Waals surface area contributed by atoms with Crippen LogP contribution >= 0.6 is 0 Å². The summed E-state index contributed by atoms with van der Waals surface area (Å²) in [7, 11) is 0. The summed E-state index contributed by atoms with van der Waals surface area (Å²) in [4.78, 5) is 18.0. The molecule has 0 spiro atoms. The largest absolute Gasteiger partial charge is 0.493 e. The quantitative estimate of drug-likeness (QED) is 0.843. The second-order valence-corrected chi connectivity index (χ2v) is 6.88. The minimum atomic E-state index is -0.450. The van der Waals surface area contributed by atoms with Crippen molar-refractivity contribution >= 4 is 11.9 Å². The van der Waals surface area contributed by atoms with Crippen LogP contribution in [0.3, 0.4) is 0 Å². The molecule has 1 aromatic rings. The van der Waals surface area contributed by atoms with Gasteiger partial charge in [-0.3, -0.25) is 0 Å². The summed E-state index contributed by atoms with van der Waals surface area (Å²) >= 11 is 0. The number of amides is 1. The lowest BCUT2D eigenvalue weighted by atomic mass is 10.1. The van der Waals surface area contributed by atoms with Gasteiger partial charge in [-0.2, -0.15) is 0 Å². The van der Waals surface area contributed by atoms with Crippen molar-refractivity contribution in [3.63, 3.8) is 0 Å². The van der Waals surface area contributed by atoms with E-state index >= 15 is 0 Å². The Morgan fingerprint density at radius 3 is 2.96 bits per heavy atom. The van der Waals surface area contributed by atoms with Gasteiger partial charge in [0.15, 0.2) is 0 Å². The molecule has 1 aromatic heterocycles. The van der Waals surface area contributed by atoms with Crippen molar-refractivity contribution in [3.8, 4) is 5.75 Å². The van der Waals surface area contributed by atoms with E-state index in [4.69, 9.17) is 15.2 Å². The minimum absolute atomic E-state index is 0.206. The molecule has 0 aliphatic carbocycles. The summed E-state index contributed by atoms with van der Waals surface area (Å²) < 4.78 is 11.1. The number of carbonyl (C=O) groups excluding carboxylic acids is 1. The molecule has 0 saturated carbocycles. The third-order valence-corrected chi connectivity index (χ3v) is 3.71. The second-order valence-electron chi connectivity index (χ2n) is 6.88. The van der Waals surface area contributed by atoms with Crippen LogP contribution in [0.1, 0.15) is 46.5 Å². The maximum atomic E-state index is 12.2. The fourth-order valence-electron chi connectivity index (χ4n) is 2.72. The van der Waals surface area contributed by atoms with Gasteiger partial charge < -0.3 is 20.1 Å². The minimum Gasteiger partial charge on any atom is -0.493 e. The summed E-state index contributed by atoms with van der Waals surface area (Å²) in [6.45, 7) is 7.06. The van der Waals surface area contributed by atoms with Crippen LogP contribution in [0, 0.1) is 0 Å². The molecule has 0 bridgehead atoms. The number of nitrogen functional groups attached to an aromatic ring is 1. The molecule has 0 radical (unpaired) electrons. The van der Waals surface area contributed by atoms with E-state index in [9.17, 15) is 4.79 Å². The fraction of sp³-hybridized carbons (Fsp3) is 0.647. The average Bonchev–Trinajstić information content (AvgIpc) is 2.90. The third kappa shape index (κ3) is 5.62. The van der Waals surface area contributed by atoms with Crippen LogP contribution in [0.15, 0.2) is 18.3 Å². The van der Waals surface area contributed by atoms with Crippen molar-refractivity contribution in [1.82, 2.24) is 9.88 Å². The van der Waals surface area contributed by atoms with Crippen molar-refractivity contribution in [1.29, 1.82) is 0 Å². The molecule has 23 heavy (non-hydrogen) atoms. The first-order valence-corrected chi connectivity index (χ1v) is 8.19. The van der Waals surface area contributed by atoms with E-state index in [1.54, 1.807) is 18.3 Å². The van der Waals surface area contributed by atoms with Crippen LogP contribution < -0.4 is 10.5 Å². The maximum Gasteiger partial charge on any atom is 0.410 e. The van der Waals surface area contributed by atoms with Gasteiger partial charge in [0, 0.05) is 24.8 Å². The smallest absolute Gasteiger partial charge is 0.410 e. The molecule has 1 unspecified atom stereocenters. The number of nitrogens with two attached hydrogens (primary N) is 1. The van der Waals surface area contributed by atoms with Gasteiger partial charge in [-0.1, -0.05) is 0 Å². The SMILES string of the molecule is CC(C)(C)OC(=O)N1CCCC1CCCOc1ccnc(N)c1. The van der Waals surface area contributed by atoms with E-state index in [0.717, 1.165) is 38.0 Å². The molecule has 1 aliphatic heterocycles. The average molecular weight is 321 g/mol. The zero-order chi connectivity index (χ0) is 16.9. The second kappa shape index (κ2) is 7.53. The number of carbonyl (C=O) groups is 1. The van der Waals surface area contributed by atoms with Crippen LogP contribution in [-0.2, 0) is 4.74 Å². The number of anilines is 1. The normalized spacial score (nSPS) is 18.0. The van der Waals surface area contributed by atoms with Gasteiger partial charge in [-0.25, -0.2) is 9.78 Å². The molecule has 0 aromatic carbocycles. The molecular formula is C17H27N3O3. The highest BCUT2D eigenvalue weighted by molar-refractivity contribution is 5.68. The molecule has 2 rings (SSSR count). The summed E-state index contributed by atoms with van der Waals surface area (Å²) in [6, 6.07) is 3.75. The number of pyridine rings is 1. The van der Waals surface area contributed by atoms with Crippen LogP contribution in [0.4, 0.5) is 10.6 Å². The first-order valence-electron chi connectivity index (χ1n) is 8.19. The molecule has 1 amide bonds. The molecular weight excluding hydrogens is 294 g/mol. The summed E-state index contributed by atoms with van der Waals surface area (Å²) in [6.07, 6.45) is 5.29. The lowest BCUT2D eigenvalue weighted by Gasteiger charge is -2.28. The van der Waals surface area contributed by atoms with Crippen LogP contribution in [-0.4, -0.2) is 40.8 Å². The molecule has 128 valence electrons. The van der Waals surface area contributed by atoms with Crippen molar-refractivity contribution in [2.24, 2.45) is 0 Å². The summed E-state index contributed by atoms with van der Waals surface area (Å²) in [5.74, 6) is 1.18. The number of likely N-dealkylation sites (tertiary alicyclic amines) is 1. The molecule has 6 heteroatoms. The van der Waals surface area contributed by atoms with Crippen molar-refractivity contribution in [2.45, 2.75) is 58.1 Å². The first kappa shape index (κ1) is 17.4. The monoisotopic (exact) mass is 321 g/mol. The van der Waals surface area contributed by atoms with Gasteiger partial charge in [0.25, 0.3) is 0 Å². The molecule has 1 saturated heterocycles. The van der Waals surface area contributed by atoms with E-state index in [0.29, 0.717) is 12.4 Å². The summed E-state index contributed by atoms with van der Waals surface area (Å²) in [5.41, 5.74) is 5.17. The Morgan fingerprint density at radius 2 is 2.26 bits per heavy atom. The Morgan fingerprint density at radius 1 is 1.48 bits per heavy atom. The summed E-state index contributed by atoms with van der Waals surface area (Å²) in [5, 5.41) is 0.